The van der Waals surface area contributed by atoms with Crippen LogP contribution in [0.25, 0.3) is 0 Å². The van der Waals surface area contributed by atoms with Gasteiger partial charge in [-0.2, -0.15) is 13.2 Å². The maximum atomic E-state index is 12.0. The Kier molecular flexibility index (Phi) is 3.39. The molecule has 0 atom stereocenters. The van der Waals surface area contributed by atoms with Crippen molar-refractivity contribution in [3.05, 3.63) is 34.3 Å². The van der Waals surface area contributed by atoms with Crippen molar-refractivity contribution in [3.63, 3.8) is 0 Å². The van der Waals surface area contributed by atoms with E-state index in [4.69, 9.17) is 11.6 Å². The van der Waals surface area contributed by atoms with Gasteiger partial charge < -0.3 is 0 Å². The van der Waals surface area contributed by atoms with Crippen LogP contribution in [0.4, 0.5) is 13.2 Å². The van der Waals surface area contributed by atoms with Gasteiger partial charge in [0, 0.05) is 11.4 Å². The zero-order chi connectivity index (χ0) is 11.6. The van der Waals surface area contributed by atoms with Crippen LogP contribution >= 0.6 is 11.6 Å². The molecule has 0 fully saturated rings. The van der Waals surface area contributed by atoms with Crippen LogP contribution in [0.3, 0.4) is 0 Å². The van der Waals surface area contributed by atoms with Crippen molar-refractivity contribution < 1.29 is 18.0 Å². The molecule has 0 heterocycles. The second-order valence-electron chi connectivity index (χ2n) is 3.17. The average Bonchev–Trinajstić information content (AvgIpc) is 2.08. The molecule has 0 saturated carbocycles. The quantitative estimate of drug-likeness (QED) is 0.770. The fourth-order valence-corrected chi connectivity index (χ4v) is 1.36. The van der Waals surface area contributed by atoms with Crippen LogP contribution in [0.2, 0.25) is 5.02 Å². The van der Waals surface area contributed by atoms with E-state index in [-0.39, 0.29) is 0 Å². The molecule has 0 amide bonds. The number of hydrogen-bond donors (Lipinski definition) is 0. The third-order valence-electron chi connectivity index (χ3n) is 1.97. The highest BCUT2D eigenvalue weighted by Crippen LogP contribution is 2.21. The minimum Gasteiger partial charge on any atom is -0.289 e. The van der Waals surface area contributed by atoms with Gasteiger partial charge in [0.2, 0.25) is 5.78 Å². The molecule has 0 aliphatic carbocycles. The number of aryl methyl sites for hydroxylation is 1. The Balaban J connectivity index is 2.87. The molecule has 0 aliphatic rings. The molecule has 0 unspecified atom stereocenters. The number of rotatable bonds is 2. The molecule has 0 bridgehead atoms. The topological polar surface area (TPSA) is 17.1 Å². The van der Waals surface area contributed by atoms with Gasteiger partial charge in [-0.3, -0.25) is 4.79 Å². The molecular weight excluding hydrogens is 229 g/mol. The number of carbonyl (C=O) groups excluding carboxylic acids is 1. The maximum absolute atomic E-state index is 12.0. The highest BCUT2D eigenvalue weighted by atomic mass is 35.5. The van der Waals surface area contributed by atoms with Crippen molar-refractivity contribution in [1.29, 1.82) is 0 Å². The van der Waals surface area contributed by atoms with Gasteiger partial charge in [-0.25, -0.2) is 0 Å². The molecule has 0 spiro atoms. The molecule has 1 aromatic carbocycles. The predicted octanol–water partition coefficient (Wildman–Crippen LogP) is 3.32. The first-order valence-electron chi connectivity index (χ1n) is 4.16. The van der Waals surface area contributed by atoms with E-state index in [1.165, 1.54) is 18.2 Å². The third kappa shape index (κ3) is 3.23. The molecule has 0 N–H and O–H groups in total. The van der Waals surface area contributed by atoms with Crippen molar-refractivity contribution in [2.45, 2.75) is 19.5 Å². The van der Waals surface area contributed by atoms with E-state index in [1.54, 1.807) is 6.92 Å². The molecule has 1 nitrogen and oxygen atoms in total. The molecule has 0 aliphatic heterocycles. The summed E-state index contributed by atoms with van der Waals surface area (Å²) in [6, 6.07) is 4.43. The fourth-order valence-electron chi connectivity index (χ4n) is 1.13. The summed E-state index contributed by atoms with van der Waals surface area (Å²) in [5, 5.41) is 0.440. The first-order valence-corrected chi connectivity index (χ1v) is 4.53. The Morgan fingerprint density at radius 3 is 2.47 bits per heavy atom. The number of carbonyl (C=O) groups is 1. The molecule has 1 rings (SSSR count). The summed E-state index contributed by atoms with van der Waals surface area (Å²) in [7, 11) is 0. The van der Waals surface area contributed by atoms with Gasteiger partial charge >= 0.3 is 6.18 Å². The van der Waals surface area contributed by atoms with E-state index in [0.29, 0.717) is 16.1 Å². The maximum Gasteiger partial charge on any atom is 0.450 e. The van der Waals surface area contributed by atoms with Gasteiger partial charge in [-0.1, -0.05) is 17.7 Å². The monoisotopic (exact) mass is 236 g/mol. The first kappa shape index (κ1) is 12.0. The Morgan fingerprint density at radius 1 is 1.40 bits per heavy atom. The Hall–Kier alpha value is -1.03. The SMILES string of the molecule is Cc1cc(Cl)ccc1CC(=O)C(F)(F)F. The van der Waals surface area contributed by atoms with Crippen LogP contribution < -0.4 is 0 Å². The molecule has 0 radical (unpaired) electrons. The first-order chi connectivity index (χ1) is 6.80. The van der Waals surface area contributed by atoms with Gasteiger partial charge in [-0.05, 0) is 30.2 Å². The summed E-state index contributed by atoms with van der Waals surface area (Å²) >= 11 is 5.64. The molecule has 0 aromatic heterocycles. The number of Topliss-reactive ketones (excluding diaryl/α,β-unsaturated/α-hetero) is 1. The fraction of sp³-hybridized carbons (Fsp3) is 0.300. The van der Waals surface area contributed by atoms with Gasteiger partial charge in [0.25, 0.3) is 0 Å². The van der Waals surface area contributed by atoms with Crippen LogP contribution in [-0.2, 0) is 11.2 Å². The predicted molar refractivity (Wildman–Crippen MR) is 51.0 cm³/mol. The summed E-state index contributed by atoms with van der Waals surface area (Å²) in [6.45, 7) is 1.62. The minimum atomic E-state index is -4.77. The van der Waals surface area contributed by atoms with E-state index in [0.717, 1.165) is 0 Å². The lowest BCUT2D eigenvalue weighted by atomic mass is 10.0. The number of ketones is 1. The summed E-state index contributed by atoms with van der Waals surface area (Å²) < 4.78 is 35.9. The molecule has 5 heteroatoms. The van der Waals surface area contributed by atoms with Crippen LogP contribution in [0, 0.1) is 6.92 Å². The lowest BCUT2D eigenvalue weighted by Crippen LogP contribution is -2.24. The van der Waals surface area contributed by atoms with Crippen molar-refractivity contribution in [2.24, 2.45) is 0 Å². The van der Waals surface area contributed by atoms with Crippen molar-refractivity contribution >= 4 is 17.4 Å². The van der Waals surface area contributed by atoms with Gasteiger partial charge in [0.15, 0.2) is 0 Å². The normalized spacial score (nSPS) is 11.5. The summed E-state index contributed by atoms with van der Waals surface area (Å²) in [5.41, 5.74) is 0.932. The van der Waals surface area contributed by atoms with E-state index < -0.39 is 18.4 Å². The molecule has 0 saturated heterocycles. The number of halogens is 4. The molecule has 15 heavy (non-hydrogen) atoms. The van der Waals surface area contributed by atoms with Crippen LogP contribution in [0.1, 0.15) is 11.1 Å². The van der Waals surface area contributed by atoms with E-state index in [2.05, 4.69) is 0 Å². The average molecular weight is 237 g/mol. The highest BCUT2D eigenvalue weighted by molar-refractivity contribution is 6.30. The van der Waals surface area contributed by atoms with Gasteiger partial charge in [0.1, 0.15) is 0 Å². The standard InChI is InChI=1S/C10H8ClF3O/c1-6-4-8(11)3-2-7(6)5-9(15)10(12,13)14/h2-4H,5H2,1H3. The molecular formula is C10H8ClF3O. The van der Waals surface area contributed by atoms with E-state index in [1.807, 2.05) is 0 Å². The van der Waals surface area contributed by atoms with Gasteiger partial charge in [-0.15, -0.1) is 0 Å². The Bertz CT molecular complexity index is 385. The minimum absolute atomic E-state index is 0.349. The largest absolute Gasteiger partial charge is 0.450 e. The van der Waals surface area contributed by atoms with Gasteiger partial charge in [0.05, 0.1) is 0 Å². The van der Waals surface area contributed by atoms with Crippen molar-refractivity contribution in [3.8, 4) is 0 Å². The molecule has 82 valence electrons. The second-order valence-corrected chi connectivity index (χ2v) is 3.60. The lowest BCUT2D eigenvalue weighted by Gasteiger charge is -2.07. The zero-order valence-electron chi connectivity index (χ0n) is 7.86. The number of alkyl halides is 3. The van der Waals surface area contributed by atoms with E-state index >= 15 is 0 Å². The van der Waals surface area contributed by atoms with Crippen molar-refractivity contribution in [1.82, 2.24) is 0 Å². The Labute approximate surface area is 89.9 Å². The summed E-state index contributed by atoms with van der Waals surface area (Å²) in [4.78, 5) is 10.7. The van der Waals surface area contributed by atoms with Crippen LogP contribution in [0.5, 0.6) is 0 Å². The third-order valence-corrected chi connectivity index (χ3v) is 2.21. The number of benzene rings is 1. The highest BCUT2D eigenvalue weighted by Gasteiger charge is 2.37. The van der Waals surface area contributed by atoms with E-state index in [9.17, 15) is 18.0 Å². The number of hydrogen-bond acceptors (Lipinski definition) is 1. The van der Waals surface area contributed by atoms with Crippen LogP contribution in [-0.4, -0.2) is 12.0 Å². The zero-order valence-corrected chi connectivity index (χ0v) is 8.62. The second kappa shape index (κ2) is 4.23. The smallest absolute Gasteiger partial charge is 0.289 e. The molecule has 1 aromatic rings. The Morgan fingerprint density at radius 2 is 2.00 bits per heavy atom. The summed E-state index contributed by atoms with van der Waals surface area (Å²) in [6.07, 6.45) is -5.40. The lowest BCUT2D eigenvalue weighted by molar-refractivity contribution is -0.170. The van der Waals surface area contributed by atoms with Crippen molar-refractivity contribution in [2.75, 3.05) is 0 Å². The summed E-state index contributed by atoms with van der Waals surface area (Å²) in [5.74, 6) is -1.74. The van der Waals surface area contributed by atoms with Crippen LogP contribution in [0.15, 0.2) is 18.2 Å².